The average Bonchev–Trinajstić information content (AvgIpc) is 2.63. The summed E-state index contributed by atoms with van der Waals surface area (Å²) >= 11 is 0. The number of sulfonamides is 1. The van der Waals surface area contributed by atoms with Crippen LogP contribution in [-0.2, 0) is 20.9 Å². The molecule has 1 aromatic heterocycles. The van der Waals surface area contributed by atoms with Gasteiger partial charge in [0, 0.05) is 6.07 Å². The van der Waals surface area contributed by atoms with Crippen molar-refractivity contribution in [2.24, 2.45) is 0 Å². The molecule has 11 heteroatoms. The number of benzene rings is 1. The Kier molecular flexibility index (Phi) is 5.31. The molecular weight excluding hydrogens is 401 g/mol. The smallest absolute Gasteiger partial charge is 0.433 e. The molecule has 1 aliphatic heterocycles. The molecule has 0 spiro atoms. The van der Waals surface area contributed by atoms with Crippen LogP contribution in [0, 0.1) is 0 Å². The third kappa shape index (κ3) is 4.09. The van der Waals surface area contributed by atoms with E-state index in [0.29, 0.717) is 0 Å². The molecule has 7 nitrogen and oxygen atoms in total. The molecule has 0 atom stereocenters. The first-order chi connectivity index (χ1) is 13.1. The van der Waals surface area contributed by atoms with E-state index in [-0.39, 0.29) is 29.4 Å². The van der Waals surface area contributed by atoms with Crippen molar-refractivity contribution in [3.63, 3.8) is 0 Å². The zero-order valence-corrected chi connectivity index (χ0v) is 15.3. The van der Waals surface area contributed by atoms with E-state index in [0.717, 1.165) is 10.4 Å². The first-order valence-corrected chi connectivity index (χ1v) is 9.44. The molecule has 0 bridgehead atoms. The Morgan fingerprint density at radius 1 is 1.14 bits per heavy atom. The van der Waals surface area contributed by atoms with Gasteiger partial charge in [-0.2, -0.15) is 17.5 Å². The molecule has 1 aliphatic rings. The molecule has 0 saturated carbocycles. The van der Waals surface area contributed by atoms with Crippen LogP contribution in [0.25, 0.3) is 0 Å². The number of carbonyl (C=O) groups is 1. The van der Waals surface area contributed by atoms with Gasteiger partial charge in [0.15, 0.2) is 0 Å². The number of aromatic nitrogens is 1. The first-order valence-electron chi connectivity index (χ1n) is 8.00. The Balaban J connectivity index is 1.63. The van der Waals surface area contributed by atoms with Gasteiger partial charge < -0.3 is 9.47 Å². The zero-order valence-electron chi connectivity index (χ0n) is 14.5. The predicted molar refractivity (Wildman–Crippen MR) is 90.2 cm³/mol. The number of pyridine rings is 1. The van der Waals surface area contributed by atoms with Crippen molar-refractivity contribution >= 4 is 16.0 Å². The predicted octanol–water partition coefficient (Wildman–Crippen LogP) is 2.34. The van der Waals surface area contributed by atoms with Gasteiger partial charge in [-0.05, 0) is 30.3 Å². The minimum atomic E-state index is -4.59. The van der Waals surface area contributed by atoms with Crippen LogP contribution >= 0.6 is 0 Å². The highest BCUT2D eigenvalue weighted by atomic mass is 32.2. The summed E-state index contributed by atoms with van der Waals surface area (Å²) in [7, 11) is -2.59. The van der Waals surface area contributed by atoms with Gasteiger partial charge in [-0.3, -0.25) is 0 Å². The van der Waals surface area contributed by atoms with Crippen molar-refractivity contribution in [1.82, 2.24) is 9.29 Å². The van der Waals surface area contributed by atoms with E-state index in [4.69, 9.17) is 4.74 Å². The van der Waals surface area contributed by atoms with Crippen LogP contribution < -0.4 is 4.74 Å². The van der Waals surface area contributed by atoms with Gasteiger partial charge in [-0.1, -0.05) is 6.07 Å². The van der Waals surface area contributed by atoms with Gasteiger partial charge >= 0.3 is 12.1 Å². The summed E-state index contributed by atoms with van der Waals surface area (Å²) in [4.78, 5) is 14.8. The van der Waals surface area contributed by atoms with Crippen molar-refractivity contribution in [2.45, 2.75) is 17.2 Å². The van der Waals surface area contributed by atoms with Gasteiger partial charge in [-0.15, -0.1) is 0 Å². The van der Waals surface area contributed by atoms with Crippen LogP contribution in [0.1, 0.15) is 16.1 Å². The molecule has 0 N–H and O–H groups in total. The SMILES string of the molecule is COC(=O)c1ccc(S(=O)(=O)N2CC(Oc3cccc(C(F)(F)F)n3)C2)cc1. The van der Waals surface area contributed by atoms with Crippen molar-refractivity contribution in [3.8, 4) is 5.88 Å². The molecule has 3 rings (SSSR count). The molecule has 150 valence electrons. The molecule has 2 heterocycles. The standard InChI is InChI=1S/C17H15F3N2O5S/c1-26-16(23)11-5-7-13(8-6-11)28(24,25)22-9-12(10-22)27-15-4-2-3-14(21-15)17(18,19)20/h2-8,12H,9-10H2,1H3. The third-order valence-corrected chi connectivity index (χ3v) is 5.87. The molecule has 0 radical (unpaired) electrons. The Hall–Kier alpha value is -2.66. The summed E-state index contributed by atoms with van der Waals surface area (Å²) in [6.45, 7) is -0.0575. The molecule has 1 fully saturated rings. The van der Waals surface area contributed by atoms with E-state index in [9.17, 15) is 26.4 Å². The largest absolute Gasteiger partial charge is 0.472 e. The molecule has 1 aromatic carbocycles. The summed E-state index contributed by atoms with van der Waals surface area (Å²) in [6.07, 6.45) is -5.20. The second-order valence-electron chi connectivity index (χ2n) is 5.94. The number of hydrogen-bond acceptors (Lipinski definition) is 6. The molecule has 2 aromatic rings. The van der Waals surface area contributed by atoms with Crippen molar-refractivity contribution in [1.29, 1.82) is 0 Å². The summed E-state index contributed by atoms with van der Waals surface area (Å²) in [6, 6.07) is 8.49. The Bertz CT molecular complexity index is 971. The van der Waals surface area contributed by atoms with E-state index in [1.807, 2.05) is 0 Å². The van der Waals surface area contributed by atoms with E-state index in [1.54, 1.807) is 0 Å². The number of carbonyl (C=O) groups excluding carboxylic acids is 1. The Labute approximate surface area is 158 Å². The van der Waals surface area contributed by atoms with Gasteiger partial charge in [0.2, 0.25) is 15.9 Å². The number of nitrogens with zero attached hydrogens (tertiary/aromatic N) is 2. The van der Waals surface area contributed by atoms with Crippen LogP contribution in [-0.4, -0.2) is 50.0 Å². The first kappa shape index (κ1) is 20.1. The number of esters is 1. The van der Waals surface area contributed by atoms with E-state index >= 15 is 0 Å². The lowest BCUT2D eigenvalue weighted by atomic mass is 10.2. The van der Waals surface area contributed by atoms with Crippen LogP contribution in [0.15, 0.2) is 47.4 Å². The summed E-state index contributed by atoms with van der Waals surface area (Å²) in [5, 5.41) is 0. The van der Waals surface area contributed by atoms with Gasteiger partial charge in [0.25, 0.3) is 0 Å². The number of alkyl halides is 3. The second-order valence-corrected chi connectivity index (χ2v) is 7.87. The summed E-state index contributed by atoms with van der Waals surface area (Å²) in [5.41, 5.74) is -0.874. The lowest BCUT2D eigenvalue weighted by Crippen LogP contribution is -2.56. The summed E-state index contributed by atoms with van der Waals surface area (Å²) < 4.78 is 74.1. The van der Waals surface area contributed by atoms with Crippen LogP contribution in [0.2, 0.25) is 0 Å². The molecule has 0 aliphatic carbocycles. The maximum absolute atomic E-state index is 12.7. The number of rotatable bonds is 5. The number of methoxy groups -OCH3 is 1. The van der Waals surface area contributed by atoms with Crippen molar-refractivity contribution in [2.75, 3.05) is 20.2 Å². The van der Waals surface area contributed by atoms with Crippen molar-refractivity contribution in [3.05, 3.63) is 53.7 Å². The molecule has 0 amide bonds. The van der Waals surface area contributed by atoms with E-state index in [2.05, 4.69) is 9.72 Å². The highest BCUT2D eigenvalue weighted by molar-refractivity contribution is 7.89. The van der Waals surface area contributed by atoms with E-state index in [1.165, 1.54) is 43.5 Å². The number of ether oxygens (including phenoxy) is 2. The zero-order chi connectivity index (χ0) is 20.5. The lowest BCUT2D eigenvalue weighted by Gasteiger charge is -2.37. The Morgan fingerprint density at radius 3 is 2.36 bits per heavy atom. The summed E-state index contributed by atoms with van der Waals surface area (Å²) in [5.74, 6) is -0.811. The number of hydrogen-bond donors (Lipinski definition) is 0. The monoisotopic (exact) mass is 416 g/mol. The maximum atomic E-state index is 12.7. The van der Waals surface area contributed by atoms with Gasteiger partial charge in [0.05, 0.1) is 30.7 Å². The van der Waals surface area contributed by atoms with Crippen molar-refractivity contribution < 1.29 is 35.9 Å². The van der Waals surface area contributed by atoms with Crippen LogP contribution in [0.4, 0.5) is 13.2 Å². The highest BCUT2D eigenvalue weighted by Crippen LogP contribution is 2.30. The highest BCUT2D eigenvalue weighted by Gasteiger charge is 2.39. The average molecular weight is 416 g/mol. The quantitative estimate of drug-likeness (QED) is 0.696. The van der Waals surface area contributed by atoms with Gasteiger partial charge in [-0.25, -0.2) is 18.2 Å². The maximum Gasteiger partial charge on any atom is 0.433 e. The molecular formula is C17H15F3N2O5S. The fourth-order valence-corrected chi connectivity index (χ4v) is 4.01. The normalized spacial score (nSPS) is 15.7. The Morgan fingerprint density at radius 2 is 1.79 bits per heavy atom. The van der Waals surface area contributed by atoms with Crippen LogP contribution in [0.5, 0.6) is 5.88 Å². The topological polar surface area (TPSA) is 85.8 Å². The minimum Gasteiger partial charge on any atom is -0.472 e. The lowest BCUT2D eigenvalue weighted by molar-refractivity contribution is -0.141. The second kappa shape index (κ2) is 7.40. The fourth-order valence-electron chi connectivity index (χ4n) is 2.51. The molecule has 1 saturated heterocycles. The van der Waals surface area contributed by atoms with E-state index < -0.39 is 34.0 Å². The fraction of sp³-hybridized carbons (Fsp3) is 0.294. The van der Waals surface area contributed by atoms with Gasteiger partial charge in [0.1, 0.15) is 11.8 Å². The molecule has 28 heavy (non-hydrogen) atoms. The molecule has 0 unspecified atom stereocenters. The minimum absolute atomic E-state index is 0.0178. The number of halogens is 3. The van der Waals surface area contributed by atoms with Crippen LogP contribution in [0.3, 0.4) is 0 Å². The third-order valence-electron chi connectivity index (χ3n) is 4.03.